The van der Waals surface area contributed by atoms with E-state index in [0.717, 1.165) is 12.1 Å². The molecular formula is C19H18F3N3O3. The summed E-state index contributed by atoms with van der Waals surface area (Å²) in [4.78, 5) is 24.9. The molecule has 3 N–H and O–H groups in total. The van der Waals surface area contributed by atoms with Crippen molar-refractivity contribution < 1.29 is 27.5 Å². The Labute approximate surface area is 159 Å². The number of alkyl halides is 3. The van der Waals surface area contributed by atoms with Crippen LogP contribution >= 0.6 is 0 Å². The summed E-state index contributed by atoms with van der Waals surface area (Å²) in [5.74, 6) is -0.409. The van der Waals surface area contributed by atoms with Crippen LogP contribution in [-0.2, 0) is 15.8 Å². The van der Waals surface area contributed by atoms with Crippen LogP contribution in [-0.4, -0.2) is 31.0 Å². The van der Waals surface area contributed by atoms with E-state index < -0.39 is 23.7 Å². The maximum absolute atomic E-state index is 12.7. The predicted molar refractivity (Wildman–Crippen MR) is 97.0 cm³/mol. The number of hydrogen-bond acceptors (Lipinski definition) is 4. The number of halogens is 3. The molecule has 0 aromatic heterocycles. The van der Waals surface area contributed by atoms with Crippen LogP contribution in [0.2, 0.25) is 0 Å². The summed E-state index contributed by atoms with van der Waals surface area (Å²) < 4.78 is 43.3. The van der Waals surface area contributed by atoms with Gasteiger partial charge < -0.3 is 20.7 Å². The van der Waals surface area contributed by atoms with E-state index in [0.29, 0.717) is 30.1 Å². The smallest absolute Gasteiger partial charge is 0.416 e. The van der Waals surface area contributed by atoms with Gasteiger partial charge in [-0.25, -0.2) is 0 Å². The minimum Gasteiger partial charge on any atom is -0.484 e. The average molecular weight is 393 g/mol. The molecule has 2 aromatic carbocycles. The lowest BCUT2D eigenvalue weighted by Crippen LogP contribution is -2.33. The van der Waals surface area contributed by atoms with E-state index >= 15 is 0 Å². The second-order valence-corrected chi connectivity index (χ2v) is 6.30. The van der Waals surface area contributed by atoms with Gasteiger partial charge in [0.25, 0.3) is 5.91 Å². The molecule has 3 rings (SSSR count). The van der Waals surface area contributed by atoms with E-state index in [9.17, 15) is 22.8 Å². The van der Waals surface area contributed by atoms with E-state index in [-0.39, 0.29) is 12.5 Å². The minimum atomic E-state index is -4.42. The maximum Gasteiger partial charge on any atom is 0.416 e. The van der Waals surface area contributed by atoms with E-state index in [1.165, 1.54) is 17.0 Å². The first-order valence-corrected chi connectivity index (χ1v) is 8.50. The van der Waals surface area contributed by atoms with Gasteiger partial charge in [0, 0.05) is 24.0 Å². The molecule has 0 saturated carbocycles. The number of amides is 2. The van der Waals surface area contributed by atoms with Crippen LogP contribution in [0.1, 0.15) is 12.0 Å². The number of carbonyl (C=O) groups excluding carboxylic acids is 2. The fraction of sp³-hybridized carbons (Fsp3) is 0.263. The van der Waals surface area contributed by atoms with Gasteiger partial charge in [-0.05, 0) is 42.8 Å². The molecule has 2 aromatic rings. The third kappa shape index (κ3) is 4.54. The molecule has 9 heteroatoms. The van der Waals surface area contributed by atoms with Crippen molar-refractivity contribution in [1.29, 1.82) is 0 Å². The number of ether oxygens (including phenoxy) is 1. The summed E-state index contributed by atoms with van der Waals surface area (Å²) in [7, 11) is 0. The number of nitrogens with one attached hydrogen (secondary N) is 1. The van der Waals surface area contributed by atoms with Crippen LogP contribution in [0, 0.1) is 0 Å². The number of primary amides is 1. The highest BCUT2D eigenvalue weighted by molar-refractivity contribution is 6.01. The Hall–Kier alpha value is -3.23. The number of benzene rings is 2. The van der Waals surface area contributed by atoms with Crippen molar-refractivity contribution in [1.82, 2.24) is 0 Å². The van der Waals surface area contributed by atoms with Crippen LogP contribution in [0.15, 0.2) is 48.5 Å². The zero-order chi connectivity index (χ0) is 20.3. The fourth-order valence-electron chi connectivity index (χ4n) is 2.93. The number of anilines is 2. The highest BCUT2D eigenvalue weighted by Crippen LogP contribution is 2.32. The molecule has 0 spiro atoms. The molecule has 1 aliphatic heterocycles. The quantitative estimate of drug-likeness (QED) is 0.791. The van der Waals surface area contributed by atoms with E-state index in [1.807, 2.05) is 0 Å². The number of nitrogens with zero attached hydrogens (tertiary/aromatic N) is 1. The Bertz CT molecular complexity index is 869. The molecule has 6 nitrogen and oxygen atoms in total. The molecule has 1 saturated heterocycles. The largest absolute Gasteiger partial charge is 0.484 e. The highest BCUT2D eigenvalue weighted by Gasteiger charge is 2.34. The third-order valence-electron chi connectivity index (χ3n) is 4.27. The fourth-order valence-corrected chi connectivity index (χ4v) is 2.93. The van der Waals surface area contributed by atoms with Gasteiger partial charge in [-0.15, -0.1) is 0 Å². The van der Waals surface area contributed by atoms with E-state index in [2.05, 4.69) is 5.32 Å². The normalized spacial score (nSPS) is 16.9. The zero-order valence-electron chi connectivity index (χ0n) is 14.7. The molecule has 0 aliphatic carbocycles. The van der Waals surface area contributed by atoms with Gasteiger partial charge >= 0.3 is 6.18 Å². The number of hydrogen-bond donors (Lipinski definition) is 2. The summed E-state index contributed by atoms with van der Waals surface area (Å²) in [6.45, 7) is 0.132. The van der Waals surface area contributed by atoms with Crippen molar-refractivity contribution in [2.75, 3.05) is 23.4 Å². The van der Waals surface area contributed by atoms with Crippen molar-refractivity contribution in [3.8, 4) is 5.75 Å². The lowest BCUT2D eigenvalue weighted by Gasteiger charge is -2.18. The van der Waals surface area contributed by atoms with Gasteiger partial charge in [0.05, 0.1) is 5.56 Å². The first kappa shape index (κ1) is 19.5. The predicted octanol–water partition coefficient (Wildman–Crippen LogP) is 2.79. The van der Waals surface area contributed by atoms with Gasteiger partial charge in [0.15, 0.2) is 6.61 Å². The molecule has 0 radical (unpaired) electrons. The summed E-state index contributed by atoms with van der Waals surface area (Å²) in [5.41, 5.74) is 5.32. The maximum atomic E-state index is 12.7. The van der Waals surface area contributed by atoms with Crippen molar-refractivity contribution in [3.05, 3.63) is 54.1 Å². The summed E-state index contributed by atoms with van der Waals surface area (Å²) in [6, 6.07) is 10.7. The Morgan fingerprint density at radius 3 is 2.57 bits per heavy atom. The number of nitrogens with two attached hydrogens (primary N) is 1. The third-order valence-corrected chi connectivity index (χ3v) is 4.27. The Morgan fingerprint density at radius 2 is 1.93 bits per heavy atom. The number of rotatable bonds is 6. The van der Waals surface area contributed by atoms with Crippen LogP contribution in [0.25, 0.3) is 0 Å². The lowest BCUT2D eigenvalue weighted by molar-refractivity contribution is -0.137. The van der Waals surface area contributed by atoms with Crippen LogP contribution in [0.5, 0.6) is 5.75 Å². The standard InChI is InChI=1S/C19H18F3N3O3/c20-19(21,22)12-4-6-14(7-5-12)25-9-8-16(18(25)27)24-13-2-1-3-15(10-13)28-11-17(23)26/h1-7,10,16,24H,8-9,11H2,(H2,23,26). The molecular weight excluding hydrogens is 375 g/mol. The zero-order valence-corrected chi connectivity index (χ0v) is 14.7. The molecule has 0 bridgehead atoms. The van der Waals surface area contributed by atoms with Crippen LogP contribution in [0.3, 0.4) is 0 Å². The topological polar surface area (TPSA) is 84.7 Å². The molecule has 1 unspecified atom stereocenters. The number of carbonyl (C=O) groups is 2. The van der Waals surface area contributed by atoms with Gasteiger partial charge in [-0.3, -0.25) is 9.59 Å². The lowest BCUT2D eigenvalue weighted by atomic mass is 10.2. The molecule has 1 fully saturated rings. The van der Waals surface area contributed by atoms with Gasteiger partial charge in [-0.2, -0.15) is 13.2 Å². The first-order chi connectivity index (χ1) is 13.2. The second-order valence-electron chi connectivity index (χ2n) is 6.30. The monoisotopic (exact) mass is 393 g/mol. The van der Waals surface area contributed by atoms with Gasteiger partial charge in [-0.1, -0.05) is 6.07 Å². The average Bonchev–Trinajstić information content (AvgIpc) is 3.00. The summed E-state index contributed by atoms with van der Waals surface area (Å²) in [6.07, 6.45) is -3.93. The van der Waals surface area contributed by atoms with E-state index in [1.54, 1.807) is 24.3 Å². The van der Waals surface area contributed by atoms with Crippen molar-refractivity contribution in [2.24, 2.45) is 5.73 Å². The molecule has 1 heterocycles. The Kier molecular flexibility index (Phi) is 5.43. The van der Waals surface area contributed by atoms with Gasteiger partial charge in [0.1, 0.15) is 11.8 Å². The Balaban J connectivity index is 1.66. The van der Waals surface area contributed by atoms with Gasteiger partial charge in [0.2, 0.25) is 5.91 Å². The summed E-state index contributed by atoms with van der Waals surface area (Å²) >= 11 is 0. The SMILES string of the molecule is NC(=O)COc1cccc(NC2CCN(c3ccc(C(F)(F)F)cc3)C2=O)c1. The van der Waals surface area contributed by atoms with Crippen molar-refractivity contribution in [2.45, 2.75) is 18.6 Å². The summed E-state index contributed by atoms with van der Waals surface area (Å²) in [5, 5.41) is 3.09. The van der Waals surface area contributed by atoms with Crippen LogP contribution < -0.4 is 20.7 Å². The van der Waals surface area contributed by atoms with Crippen molar-refractivity contribution in [3.63, 3.8) is 0 Å². The minimum absolute atomic E-state index is 0.233. The highest BCUT2D eigenvalue weighted by atomic mass is 19.4. The first-order valence-electron chi connectivity index (χ1n) is 8.50. The molecule has 2 amide bonds. The second kappa shape index (κ2) is 7.79. The van der Waals surface area contributed by atoms with Crippen LogP contribution in [0.4, 0.5) is 24.5 Å². The molecule has 1 aliphatic rings. The molecule has 28 heavy (non-hydrogen) atoms. The van der Waals surface area contributed by atoms with E-state index in [4.69, 9.17) is 10.5 Å². The molecule has 148 valence electrons. The van der Waals surface area contributed by atoms with Crippen molar-refractivity contribution >= 4 is 23.2 Å². The molecule has 1 atom stereocenters. The Morgan fingerprint density at radius 1 is 1.21 bits per heavy atom.